The van der Waals surface area contributed by atoms with Gasteiger partial charge in [-0.05, 0) is 99.7 Å². The molecule has 0 aliphatic heterocycles. The zero-order chi connectivity index (χ0) is 26.4. The Morgan fingerprint density at radius 3 is 2.39 bits per heavy atom. The van der Waals surface area contributed by atoms with Crippen LogP contribution in [0.25, 0.3) is 0 Å². The average Bonchev–Trinajstić information content (AvgIpc) is 3.57. The largest absolute Gasteiger partial charge is 0.339 e. The monoisotopic (exact) mass is 542 g/mol. The molecule has 4 bridgehead atoms. The molecule has 8 nitrogen and oxygen atoms in total. The molecule has 204 valence electrons. The van der Waals surface area contributed by atoms with Gasteiger partial charge in [0.2, 0.25) is 21.8 Å². The number of anilines is 2. The molecular formula is C28H35FN4O4S. The Morgan fingerprint density at radius 1 is 1.11 bits per heavy atom. The Morgan fingerprint density at radius 2 is 1.79 bits per heavy atom. The molecule has 0 radical (unpaired) electrons. The quantitative estimate of drug-likeness (QED) is 0.465. The molecule has 2 aromatic rings. The number of carbonyl (C=O) groups excluding carboxylic acids is 1. The van der Waals surface area contributed by atoms with Gasteiger partial charge in [0.1, 0.15) is 5.67 Å². The first-order chi connectivity index (χ1) is 18.0. The number of alkyl halides is 1. The van der Waals surface area contributed by atoms with Crippen LogP contribution in [0.3, 0.4) is 0 Å². The molecule has 0 unspecified atom stereocenters. The van der Waals surface area contributed by atoms with E-state index >= 15 is 0 Å². The number of carbonyl (C=O) groups is 1. The van der Waals surface area contributed by atoms with Crippen LogP contribution in [0.2, 0.25) is 0 Å². The van der Waals surface area contributed by atoms with E-state index in [1.165, 1.54) is 0 Å². The standard InChI is InChI=1S/C28H35FN4O4S/c1-38(35,36)32-20-3-2-4-21(13-20)33(22(34)14-26-15-28(29,16-26)17-26)18-25-7-10-27(11-8-25,12-9-25)24-30-23(31-37-24)19-5-6-19/h2-4,13,19,32H,5-12,14-18H2,1H3. The fraction of sp³-hybridized carbons (Fsp3) is 0.679. The van der Waals surface area contributed by atoms with Crippen LogP contribution in [0.15, 0.2) is 28.8 Å². The summed E-state index contributed by atoms with van der Waals surface area (Å²) in [6.07, 6.45) is 11.0. The van der Waals surface area contributed by atoms with Crippen LogP contribution in [0, 0.1) is 10.8 Å². The number of hydrogen-bond acceptors (Lipinski definition) is 6. The highest BCUT2D eigenvalue weighted by Crippen LogP contribution is 2.71. The lowest BCUT2D eigenvalue weighted by Gasteiger charge is -2.66. The summed E-state index contributed by atoms with van der Waals surface area (Å²) in [5.41, 5.74) is -0.200. The minimum absolute atomic E-state index is 0.00557. The van der Waals surface area contributed by atoms with E-state index in [2.05, 4.69) is 9.88 Å². The summed E-state index contributed by atoms with van der Waals surface area (Å²) in [4.78, 5) is 20.5. The number of rotatable bonds is 9. The second-order valence-electron chi connectivity index (χ2n) is 13.3. The lowest BCUT2D eigenvalue weighted by Crippen LogP contribution is -2.65. The molecule has 1 aromatic heterocycles. The van der Waals surface area contributed by atoms with Gasteiger partial charge in [0.25, 0.3) is 0 Å². The Hall–Kier alpha value is -2.49. The highest BCUT2D eigenvalue weighted by Gasteiger charge is 2.69. The Bertz CT molecular complexity index is 1360. The van der Waals surface area contributed by atoms with Gasteiger partial charge in [-0.15, -0.1) is 0 Å². The van der Waals surface area contributed by atoms with E-state index in [0.717, 1.165) is 69.3 Å². The smallest absolute Gasteiger partial charge is 0.232 e. The Kier molecular flexibility index (Phi) is 5.18. The average molecular weight is 543 g/mol. The van der Waals surface area contributed by atoms with Crippen molar-refractivity contribution in [3.8, 4) is 0 Å². The van der Waals surface area contributed by atoms with Gasteiger partial charge in [0.15, 0.2) is 5.82 Å². The summed E-state index contributed by atoms with van der Waals surface area (Å²) in [5.74, 6) is 2.13. The lowest BCUT2D eigenvalue weighted by atomic mass is 9.41. The van der Waals surface area contributed by atoms with Crippen molar-refractivity contribution in [2.24, 2.45) is 10.8 Å². The Balaban J connectivity index is 1.12. The summed E-state index contributed by atoms with van der Waals surface area (Å²) in [6.45, 7) is 0.582. The topological polar surface area (TPSA) is 105 Å². The molecule has 10 heteroatoms. The molecule has 7 saturated carbocycles. The van der Waals surface area contributed by atoms with Gasteiger partial charge in [0, 0.05) is 30.0 Å². The number of amides is 1. The molecule has 9 rings (SSSR count). The van der Waals surface area contributed by atoms with Gasteiger partial charge in [-0.3, -0.25) is 9.52 Å². The van der Waals surface area contributed by atoms with Crippen LogP contribution in [-0.4, -0.2) is 42.9 Å². The van der Waals surface area contributed by atoms with Crippen LogP contribution in [0.5, 0.6) is 0 Å². The van der Waals surface area contributed by atoms with Gasteiger partial charge in [-0.1, -0.05) is 11.2 Å². The van der Waals surface area contributed by atoms with Crippen molar-refractivity contribution >= 4 is 27.3 Å². The predicted molar refractivity (Wildman–Crippen MR) is 140 cm³/mol. The van der Waals surface area contributed by atoms with Crippen LogP contribution in [0.4, 0.5) is 15.8 Å². The second kappa shape index (κ2) is 8.02. The zero-order valence-electron chi connectivity index (χ0n) is 21.8. The molecule has 0 atom stereocenters. The van der Waals surface area contributed by atoms with Crippen molar-refractivity contribution < 1.29 is 22.1 Å². The van der Waals surface area contributed by atoms with Crippen molar-refractivity contribution in [1.82, 2.24) is 10.1 Å². The molecule has 7 aliphatic carbocycles. The highest BCUT2D eigenvalue weighted by molar-refractivity contribution is 7.92. The molecule has 0 saturated heterocycles. The maximum Gasteiger partial charge on any atom is 0.232 e. The van der Waals surface area contributed by atoms with Gasteiger partial charge >= 0.3 is 0 Å². The van der Waals surface area contributed by atoms with E-state index < -0.39 is 15.7 Å². The van der Waals surface area contributed by atoms with E-state index in [0.29, 0.717) is 49.5 Å². The first-order valence-electron chi connectivity index (χ1n) is 13.9. The molecule has 38 heavy (non-hydrogen) atoms. The van der Waals surface area contributed by atoms with Crippen molar-refractivity contribution in [3.05, 3.63) is 36.0 Å². The molecule has 0 spiro atoms. The summed E-state index contributed by atoms with van der Waals surface area (Å²) < 4.78 is 46.2. The summed E-state index contributed by atoms with van der Waals surface area (Å²) in [5, 5.41) is 4.27. The van der Waals surface area contributed by atoms with Crippen LogP contribution >= 0.6 is 0 Å². The molecule has 1 heterocycles. The van der Waals surface area contributed by atoms with E-state index in [1.807, 2.05) is 11.0 Å². The molecule has 1 N–H and O–H groups in total. The van der Waals surface area contributed by atoms with Crippen molar-refractivity contribution in [2.45, 2.75) is 94.1 Å². The van der Waals surface area contributed by atoms with Crippen molar-refractivity contribution in [2.75, 3.05) is 22.4 Å². The minimum atomic E-state index is -3.45. The number of hydrogen-bond donors (Lipinski definition) is 1. The fourth-order valence-corrected chi connectivity index (χ4v) is 8.41. The summed E-state index contributed by atoms with van der Waals surface area (Å²) in [7, 11) is -3.45. The third-order valence-electron chi connectivity index (χ3n) is 10.1. The van der Waals surface area contributed by atoms with Crippen LogP contribution in [-0.2, 0) is 20.2 Å². The van der Waals surface area contributed by atoms with Gasteiger partial charge in [-0.25, -0.2) is 12.8 Å². The van der Waals surface area contributed by atoms with Gasteiger partial charge in [0.05, 0.1) is 11.9 Å². The Labute approximate surface area is 222 Å². The lowest BCUT2D eigenvalue weighted by molar-refractivity contribution is -0.215. The first-order valence-corrected chi connectivity index (χ1v) is 15.8. The van der Waals surface area contributed by atoms with E-state index in [4.69, 9.17) is 9.51 Å². The molecule has 7 fully saturated rings. The molecular weight excluding hydrogens is 507 g/mol. The third kappa shape index (κ3) is 4.23. The SMILES string of the molecule is CS(=O)(=O)Nc1cccc(N(CC23CCC(c4nc(C5CC5)no4)(CC2)CC3)C(=O)CC23CC(F)(C2)C3)c1. The third-order valence-corrected chi connectivity index (χ3v) is 10.7. The highest BCUT2D eigenvalue weighted by atomic mass is 32.2. The van der Waals surface area contributed by atoms with Crippen molar-refractivity contribution in [1.29, 1.82) is 0 Å². The number of nitrogens with zero attached hydrogens (tertiary/aromatic N) is 3. The number of nitrogens with one attached hydrogen (secondary N) is 1. The number of aromatic nitrogens is 2. The van der Waals surface area contributed by atoms with Gasteiger partial charge < -0.3 is 9.42 Å². The number of benzene rings is 1. The maximum absolute atomic E-state index is 14.2. The van der Waals surface area contributed by atoms with Crippen LogP contribution in [0.1, 0.15) is 94.7 Å². The van der Waals surface area contributed by atoms with Gasteiger partial charge in [-0.2, -0.15) is 4.98 Å². The zero-order valence-corrected chi connectivity index (χ0v) is 22.7. The second-order valence-corrected chi connectivity index (χ2v) is 15.0. The van der Waals surface area contributed by atoms with E-state index in [1.54, 1.807) is 18.2 Å². The van der Waals surface area contributed by atoms with E-state index in [-0.39, 0.29) is 22.2 Å². The molecule has 1 amide bonds. The number of sulfonamides is 1. The molecule has 1 aromatic carbocycles. The van der Waals surface area contributed by atoms with Crippen LogP contribution < -0.4 is 9.62 Å². The van der Waals surface area contributed by atoms with E-state index in [9.17, 15) is 17.6 Å². The minimum Gasteiger partial charge on any atom is -0.339 e. The summed E-state index contributed by atoms with van der Waals surface area (Å²) in [6, 6.07) is 7.07. The summed E-state index contributed by atoms with van der Waals surface area (Å²) >= 11 is 0. The predicted octanol–water partition coefficient (Wildman–Crippen LogP) is 5.23. The van der Waals surface area contributed by atoms with Crippen molar-refractivity contribution in [3.63, 3.8) is 0 Å². The number of fused-ring (bicyclic) bond motifs is 3. The number of halogens is 1. The first kappa shape index (κ1) is 24.5. The molecule has 7 aliphatic rings. The fourth-order valence-electron chi connectivity index (χ4n) is 7.85. The maximum atomic E-state index is 14.2. The normalized spacial score (nSPS) is 35.3.